The van der Waals surface area contributed by atoms with Gasteiger partial charge in [0, 0.05) is 17.6 Å². The van der Waals surface area contributed by atoms with Crippen LogP contribution in [0.5, 0.6) is 0 Å². The van der Waals surface area contributed by atoms with Crippen LogP contribution in [-0.4, -0.2) is 35.6 Å². The lowest BCUT2D eigenvalue weighted by Crippen LogP contribution is -2.53. The Kier molecular flexibility index (Phi) is 2.16. The molecule has 0 aromatic rings. The summed E-state index contributed by atoms with van der Waals surface area (Å²) >= 11 is 0. The Morgan fingerprint density at radius 2 is 1.93 bits per heavy atom. The van der Waals surface area contributed by atoms with Gasteiger partial charge in [0.25, 0.3) is 0 Å². The first kappa shape index (κ1) is 10.1. The molecule has 2 aliphatic carbocycles. The lowest BCUT2D eigenvalue weighted by atomic mass is 9.94. The summed E-state index contributed by atoms with van der Waals surface area (Å²) in [6.45, 7) is 8.72. The second-order valence-corrected chi connectivity index (χ2v) is 6.39. The number of hydrogen-bond acceptors (Lipinski definition) is 2. The maximum atomic E-state index is 3.81. The molecule has 1 saturated heterocycles. The molecule has 3 rings (SSSR count). The number of hydrogen-bond donors (Lipinski definition) is 1. The van der Waals surface area contributed by atoms with E-state index in [1.807, 2.05) is 0 Å². The summed E-state index contributed by atoms with van der Waals surface area (Å²) in [6, 6.07) is 0. The highest BCUT2D eigenvalue weighted by molar-refractivity contribution is 5.07. The van der Waals surface area contributed by atoms with Crippen LogP contribution in [0, 0.1) is 5.92 Å². The van der Waals surface area contributed by atoms with Crippen molar-refractivity contribution in [1.82, 2.24) is 10.2 Å². The predicted octanol–water partition coefficient (Wildman–Crippen LogP) is 2.00. The van der Waals surface area contributed by atoms with Crippen LogP contribution >= 0.6 is 0 Å². The first-order chi connectivity index (χ1) is 7.12. The molecule has 2 saturated carbocycles. The van der Waals surface area contributed by atoms with Gasteiger partial charge >= 0.3 is 0 Å². The zero-order valence-electron chi connectivity index (χ0n) is 10.2. The lowest BCUT2D eigenvalue weighted by molar-refractivity contribution is 0.145. The van der Waals surface area contributed by atoms with E-state index in [0.717, 1.165) is 5.92 Å². The Morgan fingerprint density at radius 3 is 2.53 bits per heavy atom. The van der Waals surface area contributed by atoms with E-state index >= 15 is 0 Å². The molecule has 0 radical (unpaired) electrons. The van der Waals surface area contributed by atoms with E-state index in [9.17, 15) is 0 Å². The van der Waals surface area contributed by atoms with Crippen molar-refractivity contribution < 1.29 is 0 Å². The second kappa shape index (κ2) is 3.21. The van der Waals surface area contributed by atoms with Gasteiger partial charge in [0.1, 0.15) is 0 Å². The Bertz CT molecular complexity index is 255. The highest BCUT2D eigenvalue weighted by Crippen LogP contribution is 2.46. The SMILES string of the molecule is CC1(C2CC2)CN(C2(C)CC2)CCCN1. The smallest absolute Gasteiger partial charge is 0.0308 e. The molecule has 1 unspecified atom stereocenters. The molecule has 1 aliphatic heterocycles. The van der Waals surface area contributed by atoms with E-state index in [-0.39, 0.29) is 0 Å². The summed E-state index contributed by atoms with van der Waals surface area (Å²) in [5.74, 6) is 0.959. The monoisotopic (exact) mass is 208 g/mol. The van der Waals surface area contributed by atoms with Crippen molar-refractivity contribution in [2.75, 3.05) is 19.6 Å². The van der Waals surface area contributed by atoms with Crippen LogP contribution in [-0.2, 0) is 0 Å². The van der Waals surface area contributed by atoms with Crippen molar-refractivity contribution >= 4 is 0 Å². The fourth-order valence-electron chi connectivity index (χ4n) is 3.13. The molecule has 0 amide bonds. The van der Waals surface area contributed by atoms with Gasteiger partial charge in [0.05, 0.1) is 0 Å². The molecule has 3 fully saturated rings. The van der Waals surface area contributed by atoms with Gasteiger partial charge in [0.2, 0.25) is 0 Å². The topological polar surface area (TPSA) is 15.3 Å². The van der Waals surface area contributed by atoms with Crippen molar-refractivity contribution in [3.8, 4) is 0 Å². The molecule has 3 aliphatic rings. The summed E-state index contributed by atoms with van der Waals surface area (Å²) < 4.78 is 0. The second-order valence-electron chi connectivity index (χ2n) is 6.39. The molecular weight excluding hydrogens is 184 g/mol. The van der Waals surface area contributed by atoms with Crippen molar-refractivity contribution in [1.29, 1.82) is 0 Å². The van der Waals surface area contributed by atoms with Gasteiger partial charge in [-0.1, -0.05) is 0 Å². The van der Waals surface area contributed by atoms with Crippen LogP contribution in [0.4, 0.5) is 0 Å². The van der Waals surface area contributed by atoms with E-state index in [0.29, 0.717) is 11.1 Å². The van der Waals surface area contributed by atoms with Crippen LogP contribution in [0.1, 0.15) is 46.0 Å². The first-order valence-electron chi connectivity index (χ1n) is 6.63. The van der Waals surface area contributed by atoms with E-state index in [1.165, 1.54) is 51.7 Å². The van der Waals surface area contributed by atoms with E-state index in [2.05, 4.69) is 24.1 Å². The van der Waals surface area contributed by atoms with Crippen LogP contribution in [0.3, 0.4) is 0 Å². The molecule has 0 bridgehead atoms. The number of nitrogens with one attached hydrogen (secondary N) is 1. The molecule has 1 N–H and O–H groups in total. The minimum absolute atomic E-state index is 0.419. The van der Waals surface area contributed by atoms with Gasteiger partial charge in [-0.25, -0.2) is 0 Å². The van der Waals surface area contributed by atoms with Crippen molar-refractivity contribution in [3.63, 3.8) is 0 Å². The van der Waals surface area contributed by atoms with Gasteiger partial charge in [-0.15, -0.1) is 0 Å². The third-order valence-electron chi connectivity index (χ3n) is 4.87. The molecule has 2 heteroatoms. The quantitative estimate of drug-likeness (QED) is 0.747. The van der Waals surface area contributed by atoms with Crippen LogP contribution in [0.15, 0.2) is 0 Å². The molecule has 1 atom stereocenters. The maximum Gasteiger partial charge on any atom is 0.0308 e. The van der Waals surface area contributed by atoms with Crippen molar-refractivity contribution in [2.24, 2.45) is 5.92 Å². The molecule has 0 aromatic carbocycles. The van der Waals surface area contributed by atoms with Crippen LogP contribution in [0.25, 0.3) is 0 Å². The number of rotatable bonds is 2. The molecule has 2 nitrogen and oxygen atoms in total. The minimum Gasteiger partial charge on any atom is -0.310 e. The Balaban J connectivity index is 1.74. The highest BCUT2D eigenvalue weighted by Gasteiger charge is 2.49. The Labute approximate surface area is 93.4 Å². The van der Waals surface area contributed by atoms with Crippen LogP contribution in [0.2, 0.25) is 0 Å². The predicted molar refractivity (Wildman–Crippen MR) is 63.0 cm³/mol. The molecule has 0 aromatic heterocycles. The lowest BCUT2D eigenvalue weighted by Gasteiger charge is -2.37. The molecule has 15 heavy (non-hydrogen) atoms. The van der Waals surface area contributed by atoms with Gasteiger partial charge in [0.15, 0.2) is 0 Å². The van der Waals surface area contributed by atoms with E-state index in [1.54, 1.807) is 0 Å². The largest absolute Gasteiger partial charge is 0.310 e. The summed E-state index contributed by atoms with van der Waals surface area (Å²) in [6.07, 6.45) is 7.08. The van der Waals surface area contributed by atoms with E-state index < -0.39 is 0 Å². The van der Waals surface area contributed by atoms with Gasteiger partial charge in [-0.3, -0.25) is 4.90 Å². The molecular formula is C13H24N2. The van der Waals surface area contributed by atoms with Gasteiger partial charge in [-0.2, -0.15) is 0 Å². The average molecular weight is 208 g/mol. The first-order valence-corrected chi connectivity index (χ1v) is 6.63. The van der Waals surface area contributed by atoms with E-state index in [4.69, 9.17) is 0 Å². The Hall–Kier alpha value is -0.0800. The third-order valence-corrected chi connectivity index (χ3v) is 4.87. The zero-order chi connectivity index (χ0) is 10.5. The molecule has 86 valence electrons. The third kappa shape index (κ3) is 1.83. The summed E-state index contributed by atoms with van der Waals surface area (Å²) in [4.78, 5) is 2.77. The van der Waals surface area contributed by atoms with Gasteiger partial charge < -0.3 is 5.32 Å². The van der Waals surface area contributed by atoms with Crippen LogP contribution < -0.4 is 5.32 Å². The minimum atomic E-state index is 0.419. The standard InChI is InChI=1S/C13H24N2/c1-12(6-7-12)15-9-3-8-14-13(2,10-15)11-4-5-11/h11,14H,3-10H2,1-2H3. The summed E-state index contributed by atoms with van der Waals surface area (Å²) in [5.41, 5.74) is 0.990. The fourth-order valence-corrected chi connectivity index (χ4v) is 3.13. The summed E-state index contributed by atoms with van der Waals surface area (Å²) in [5, 5.41) is 3.81. The molecule has 0 spiro atoms. The molecule has 1 heterocycles. The van der Waals surface area contributed by atoms with Crippen molar-refractivity contribution in [3.05, 3.63) is 0 Å². The summed E-state index contributed by atoms with van der Waals surface area (Å²) in [7, 11) is 0. The maximum absolute atomic E-state index is 3.81. The fraction of sp³-hybridized carbons (Fsp3) is 1.00. The Morgan fingerprint density at radius 1 is 1.20 bits per heavy atom. The average Bonchev–Trinajstić information content (AvgIpc) is 3.00. The van der Waals surface area contributed by atoms with Crippen molar-refractivity contribution in [2.45, 2.75) is 57.0 Å². The zero-order valence-corrected chi connectivity index (χ0v) is 10.2. The number of nitrogens with zero attached hydrogens (tertiary/aromatic N) is 1. The highest BCUT2D eigenvalue weighted by atomic mass is 15.3. The normalized spacial score (nSPS) is 41.2. The van der Waals surface area contributed by atoms with Gasteiger partial charge in [-0.05, 0) is 65.0 Å².